The minimum absolute atomic E-state index is 0. The first-order valence-corrected chi connectivity index (χ1v) is 10.1. The van der Waals surface area contributed by atoms with Gasteiger partial charge in [-0.3, -0.25) is 4.79 Å². The summed E-state index contributed by atoms with van der Waals surface area (Å²) in [5.41, 5.74) is 5.76. The molecule has 1 aromatic rings. The lowest BCUT2D eigenvalue weighted by Crippen LogP contribution is -2.52. The number of nitrogens with zero attached hydrogens (tertiary/aromatic N) is 2. The molecule has 1 amide bonds. The predicted octanol–water partition coefficient (Wildman–Crippen LogP) is 1.46. The minimum atomic E-state index is -3.65. The zero-order valence-corrected chi connectivity index (χ0v) is 16.1. The molecule has 6 nitrogen and oxygen atoms in total. The van der Waals surface area contributed by atoms with Crippen LogP contribution in [0.4, 0.5) is 4.39 Å². The van der Waals surface area contributed by atoms with Gasteiger partial charge >= 0.3 is 0 Å². The van der Waals surface area contributed by atoms with Crippen LogP contribution in [-0.2, 0) is 14.8 Å². The molecular weight excluding hydrogens is 381 g/mol. The summed E-state index contributed by atoms with van der Waals surface area (Å²) in [5.74, 6) is -0.147. The zero-order valence-electron chi connectivity index (χ0n) is 14.5. The van der Waals surface area contributed by atoms with Gasteiger partial charge in [0, 0.05) is 32.1 Å². The first kappa shape index (κ1) is 21.1. The molecule has 0 spiro atoms. The fourth-order valence-corrected chi connectivity index (χ4v) is 5.21. The van der Waals surface area contributed by atoms with E-state index in [0.29, 0.717) is 19.6 Å². The van der Waals surface area contributed by atoms with Crippen LogP contribution in [0.25, 0.3) is 0 Å². The fourth-order valence-electron chi connectivity index (χ4n) is 3.78. The Morgan fingerprint density at radius 1 is 1.12 bits per heavy atom. The largest absolute Gasteiger partial charge is 0.340 e. The van der Waals surface area contributed by atoms with Gasteiger partial charge < -0.3 is 10.6 Å². The summed E-state index contributed by atoms with van der Waals surface area (Å²) >= 11 is 0. The summed E-state index contributed by atoms with van der Waals surface area (Å²) in [7, 11) is -3.65. The lowest BCUT2D eigenvalue weighted by Gasteiger charge is -2.36. The lowest BCUT2D eigenvalue weighted by molar-refractivity contribution is -0.137. The van der Waals surface area contributed by atoms with Gasteiger partial charge in [0.25, 0.3) is 0 Å². The van der Waals surface area contributed by atoms with Gasteiger partial charge in [0.05, 0.1) is 4.90 Å². The average Bonchev–Trinajstić information content (AvgIpc) is 3.10. The van der Waals surface area contributed by atoms with Crippen LogP contribution in [0.3, 0.4) is 0 Å². The van der Waals surface area contributed by atoms with Crippen LogP contribution >= 0.6 is 12.4 Å². The maximum absolute atomic E-state index is 13.0. The van der Waals surface area contributed by atoms with E-state index in [0.717, 1.165) is 31.4 Å². The molecule has 9 heteroatoms. The summed E-state index contributed by atoms with van der Waals surface area (Å²) in [6.07, 6.45) is 2.89. The van der Waals surface area contributed by atoms with Crippen molar-refractivity contribution in [1.29, 1.82) is 0 Å². The summed E-state index contributed by atoms with van der Waals surface area (Å²) in [4.78, 5) is 14.5. The van der Waals surface area contributed by atoms with Gasteiger partial charge in [-0.1, -0.05) is 6.42 Å². The van der Waals surface area contributed by atoms with Crippen molar-refractivity contribution in [2.24, 2.45) is 17.6 Å². The van der Waals surface area contributed by atoms with Crippen LogP contribution in [0.2, 0.25) is 0 Å². The van der Waals surface area contributed by atoms with Crippen molar-refractivity contribution in [2.45, 2.75) is 24.2 Å². The van der Waals surface area contributed by atoms with E-state index in [9.17, 15) is 17.6 Å². The molecule has 0 unspecified atom stereocenters. The molecule has 1 saturated heterocycles. The van der Waals surface area contributed by atoms with Crippen LogP contribution in [0.5, 0.6) is 0 Å². The predicted molar refractivity (Wildman–Crippen MR) is 98.9 cm³/mol. The van der Waals surface area contributed by atoms with Gasteiger partial charge in [-0.15, -0.1) is 12.4 Å². The van der Waals surface area contributed by atoms with Gasteiger partial charge in [-0.25, -0.2) is 12.8 Å². The second-order valence-electron chi connectivity index (χ2n) is 6.72. The molecule has 1 heterocycles. The molecule has 0 bridgehead atoms. The van der Waals surface area contributed by atoms with E-state index in [2.05, 4.69) is 0 Å². The molecule has 1 aromatic carbocycles. The molecule has 2 N–H and O–H groups in total. The minimum Gasteiger partial charge on any atom is -0.340 e. The Hall–Kier alpha value is -1.22. The van der Waals surface area contributed by atoms with Crippen molar-refractivity contribution in [2.75, 3.05) is 32.7 Å². The van der Waals surface area contributed by atoms with Gasteiger partial charge in [0.15, 0.2) is 0 Å². The van der Waals surface area contributed by atoms with E-state index >= 15 is 0 Å². The van der Waals surface area contributed by atoms with Gasteiger partial charge in [0.1, 0.15) is 5.82 Å². The third-order valence-corrected chi connectivity index (χ3v) is 7.19. The Labute approximate surface area is 160 Å². The highest BCUT2D eigenvalue weighted by molar-refractivity contribution is 7.89. The van der Waals surface area contributed by atoms with Crippen LogP contribution in [-0.4, -0.2) is 56.3 Å². The third-order valence-electron chi connectivity index (χ3n) is 5.28. The first-order valence-electron chi connectivity index (χ1n) is 8.68. The normalized spacial score (nSPS) is 24.3. The molecule has 2 aliphatic rings. The lowest BCUT2D eigenvalue weighted by atomic mass is 9.94. The topological polar surface area (TPSA) is 83.7 Å². The Kier molecular flexibility index (Phi) is 7.01. The van der Waals surface area contributed by atoms with E-state index in [-0.39, 0.29) is 48.1 Å². The number of piperazine rings is 1. The summed E-state index contributed by atoms with van der Waals surface area (Å²) in [6, 6.07) is 4.82. The van der Waals surface area contributed by atoms with Crippen molar-refractivity contribution >= 4 is 28.3 Å². The number of carbonyl (C=O) groups is 1. The van der Waals surface area contributed by atoms with Crippen molar-refractivity contribution in [3.05, 3.63) is 30.1 Å². The Balaban J connectivity index is 0.00000243. The second kappa shape index (κ2) is 8.65. The van der Waals surface area contributed by atoms with Crippen molar-refractivity contribution in [3.63, 3.8) is 0 Å². The molecular formula is C17H25ClFN3O3S. The van der Waals surface area contributed by atoms with Gasteiger partial charge in [-0.05, 0) is 49.6 Å². The van der Waals surface area contributed by atoms with Gasteiger partial charge in [-0.2, -0.15) is 4.31 Å². The zero-order chi connectivity index (χ0) is 18.0. The van der Waals surface area contributed by atoms with E-state index < -0.39 is 15.8 Å². The number of hydrogen-bond donors (Lipinski definition) is 1. The number of amides is 1. The van der Waals surface area contributed by atoms with Crippen LogP contribution in [0, 0.1) is 17.7 Å². The quantitative estimate of drug-likeness (QED) is 0.821. The first-order chi connectivity index (χ1) is 11.9. The van der Waals surface area contributed by atoms with E-state index in [1.807, 2.05) is 0 Å². The van der Waals surface area contributed by atoms with Crippen molar-refractivity contribution in [1.82, 2.24) is 9.21 Å². The van der Waals surface area contributed by atoms with Crippen LogP contribution < -0.4 is 5.73 Å². The Bertz CT molecular complexity index is 721. The highest BCUT2D eigenvalue weighted by Gasteiger charge is 2.37. The summed E-state index contributed by atoms with van der Waals surface area (Å²) in [6.45, 7) is 1.80. The molecule has 3 rings (SSSR count). The molecule has 26 heavy (non-hydrogen) atoms. The Morgan fingerprint density at radius 2 is 1.73 bits per heavy atom. The summed E-state index contributed by atoms with van der Waals surface area (Å²) < 4.78 is 39.6. The fraction of sp³-hybridized carbons (Fsp3) is 0.588. The number of carbonyl (C=O) groups excluding carboxylic acids is 1. The number of nitrogens with two attached hydrogens (primary N) is 1. The van der Waals surface area contributed by atoms with E-state index in [1.54, 1.807) is 4.90 Å². The average molecular weight is 406 g/mol. The number of halogens is 2. The SMILES string of the molecule is Cl.NC[C@H]1CCC[C@H]1C(=O)N1CCN(S(=O)(=O)c2ccc(F)cc2)CC1. The number of hydrogen-bond acceptors (Lipinski definition) is 4. The maximum atomic E-state index is 13.0. The maximum Gasteiger partial charge on any atom is 0.243 e. The standard InChI is InChI=1S/C17H24FN3O3S.ClH/c18-14-4-6-15(7-5-14)25(23,24)21-10-8-20(9-11-21)17(22)16-3-1-2-13(16)12-19;/h4-7,13,16H,1-3,8-12,19H2;1H/t13-,16-;/m1./s1. The van der Waals surface area contributed by atoms with Crippen molar-refractivity contribution < 1.29 is 17.6 Å². The molecule has 0 aromatic heterocycles. The number of sulfonamides is 1. The van der Waals surface area contributed by atoms with Gasteiger partial charge in [0.2, 0.25) is 15.9 Å². The van der Waals surface area contributed by atoms with Crippen LogP contribution in [0.15, 0.2) is 29.2 Å². The third kappa shape index (κ3) is 4.19. The smallest absolute Gasteiger partial charge is 0.243 e. The van der Waals surface area contributed by atoms with Crippen molar-refractivity contribution in [3.8, 4) is 0 Å². The molecule has 2 fully saturated rings. The summed E-state index contributed by atoms with van der Waals surface area (Å²) in [5, 5.41) is 0. The second-order valence-corrected chi connectivity index (χ2v) is 8.65. The highest BCUT2D eigenvalue weighted by Crippen LogP contribution is 2.32. The number of benzene rings is 1. The number of rotatable bonds is 4. The molecule has 1 saturated carbocycles. The monoisotopic (exact) mass is 405 g/mol. The molecule has 1 aliphatic carbocycles. The molecule has 2 atom stereocenters. The molecule has 146 valence electrons. The highest BCUT2D eigenvalue weighted by atomic mass is 35.5. The molecule has 0 radical (unpaired) electrons. The molecule has 1 aliphatic heterocycles. The van der Waals surface area contributed by atoms with Crippen LogP contribution in [0.1, 0.15) is 19.3 Å². The Morgan fingerprint density at radius 3 is 2.31 bits per heavy atom. The van der Waals surface area contributed by atoms with E-state index in [1.165, 1.54) is 16.4 Å². The van der Waals surface area contributed by atoms with E-state index in [4.69, 9.17) is 5.73 Å².